The number of nitrogens with zero attached hydrogens (tertiary/aromatic N) is 1. The summed E-state index contributed by atoms with van der Waals surface area (Å²) in [6.07, 6.45) is 0. The SMILES string of the molecule is COc1ccc(N(C)C(=O)NCC(C)(C)C(=O)O)cc1. The molecule has 0 heterocycles. The van der Waals surface area contributed by atoms with E-state index in [0.717, 1.165) is 0 Å². The molecule has 0 saturated heterocycles. The average Bonchev–Trinajstić information content (AvgIpc) is 2.44. The number of rotatable bonds is 5. The van der Waals surface area contributed by atoms with E-state index in [2.05, 4.69) is 5.32 Å². The lowest BCUT2D eigenvalue weighted by Crippen LogP contribution is -2.44. The molecule has 0 aliphatic rings. The third-order valence-corrected chi connectivity index (χ3v) is 3.02. The zero-order chi connectivity index (χ0) is 15.3. The molecule has 0 aliphatic carbocycles. The molecule has 0 bridgehead atoms. The number of hydrogen-bond donors (Lipinski definition) is 2. The van der Waals surface area contributed by atoms with Gasteiger partial charge in [-0.15, -0.1) is 0 Å². The van der Waals surface area contributed by atoms with Crippen LogP contribution in [0.25, 0.3) is 0 Å². The lowest BCUT2D eigenvalue weighted by Gasteiger charge is -2.23. The third-order valence-electron chi connectivity index (χ3n) is 3.02. The van der Waals surface area contributed by atoms with Gasteiger partial charge >= 0.3 is 12.0 Å². The van der Waals surface area contributed by atoms with Crippen molar-refractivity contribution in [2.45, 2.75) is 13.8 Å². The van der Waals surface area contributed by atoms with Crippen LogP contribution in [0.4, 0.5) is 10.5 Å². The normalized spacial score (nSPS) is 10.8. The number of carbonyl (C=O) groups is 2. The molecule has 2 N–H and O–H groups in total. The van der Waals surface area contributed by atoms with Gasteiger partial charge in [-0.05, 0) is 38.1 Å². The topological polar surface area (TPSA) is 78.9 Å². The lowest BCUT2D eigenvalue weighted by molar-refractivity contribution is -0.146. The average molecular weight is 280 g/mol. The van der Waals surface area contributed by atoms with E-state index in [-0.39, 0.29) is 12.6 Å². The maximum atomic E-state index is 12.0. The van der Waals surface area contributed by atoms with Gasteiger partial charge in [-0.3, -0.25) is 9.69 Å². The van der Waals surface area contributed by atoms with Crippen LogP contribution in [0, 0.1) is 5.41 Å². The second kappa shape index (κ2) is 6.27. The predicted octanol–water partition coefficient (Wildman–Crippen LogP) is 1.95. The standard InChI is InChI=1S/C14H20N2O4/c1-14(2,12(17)18)9-15-13(19)16(3)10-5-7-11(20-4)8-6-10/h5-8H,9H2,1-4H3,(H,15,19)(H,17,18). The van der Waals surface area contributed by atoms with Gasteiger partial charge in [-0.1, -0.05) is 0 Å². The molecule has 0 aliphatic heterocycles. The lowest BCUT2D eigenvalue weighted by atomic mass is 9.94. The molecule has 0 radical (unpaired) electrons. The minimum atomic E-state index is -1.00. The summed E-state index contributed by atoms with van der Waals surface area (Å²) in [6.45, 7) is 3.17. The molecule has 0 aromatic heterocycles. The monoisotopic (exact) mass is 280 g/mol. The first-order valence-corrected chi connectivity index (χ1v) is 6.17. The Kier molecular flexibility index (Phi) is 4.96. The largest absolute Gasteiger partial charge is 0.497 e. The first-order chi connectivity index (χ1) is 9.27. The van der Waals surface area contributed by atoms with Gasteiger partial charge in [-0.25, -0.2) is 4.79 Å². The van der Waals surface area contributed by atoms with Gasteiger partial charge in [0.15, 0.2) is 0 Å². The molecule has 2 amide bonds. The van der Waals surface area contributed by atoms with Gasteiger partial charge < -0.3 is 15.2 Å². The highest BCUT2D eigenvalue weighted by Crippen LogP contribution is 2.18. The molecule has 6 nitrogen and oxygen atoms in total. The highest BCUT2D eigenvalue weighted by atomic mass is 16.5. The zero-order valence-corrected chi connectivity index (χ0v) is 12.1. The molecular weight excluding hydrogens is 260 g/mol. The molecule has 0 fully saturated rings. The number of anilines is 1. The van der Waals surface area contributed by atoms with Crippen molar-refractivity contribution < 1.29 is 19.4 Å². The van der Waals surface area contributed by atoms with Gasteiger partial charge in [0.2, 0.25) is 0 Å². The minimum Gasteiger partial charge on any atom is -0.497 e. The van der Waals surface area contributed by atoms with E-state index in [1.807, 2.05) is 0 Å². The van der Waals surface area contributed by atoms with Crippen molar-refractivity contribution in [3.05, 3.63) is 24.3 Å². The number of benzene rings is 1. The van der Waals surface area contributed by atoms with Crippen molar-refractivity contribution in [2.24, 2.45) is 5.41 Å². The summed E-state index contributed by atoms with van der Waals surface area (Å²) in [5.74, 6) is -0.250. The summed E-state index contributed by atoms with van der Waals surface area (Å²) in [5.41, 5.74) is -0.312. The number of ether oxygens (including phenoxy) is 1. The van der Waals surface area contributed by atoms with Crippen LogP contribution in [0.2, 0.25) is 0 Å². The van der Waals surface area contributed by atoms with E-state index in [0.29, 0.717) is 11.4 Å². The van der Waals surface area contributed by atoms with Crippen LogP contribution in [-0.2, 0) is 4.79 Å². The summed E-state index contributed by atoms with van der Waals surface area (Å²) < 4.78 is 5.04. The van der Waals surface area contributed by atoms with Crippen LogP contribution in [0.1, 0.15) is 13.8 Å². The molecule has 20 heavy (non-hydrogen) atoms. The molecule has 0 atom stereocenters. The first-order valence-electron chi connectivity index (χ1n) is 6.17. The summed E-state index contributed by atoms with van der Waals surface area (Å²) in [6, 6.07) is 6.65. The Balaban J connectivity index is 2.65. The van der Waals surface area contributed by atoms with Gasteiger partial charge in [-0.2, -0.15) is 0 Å². The van der Waals surface area contributed by atoms with Crippen LogP contribution in [0.15, 0.2) is 24.3 Å². The zero-order valence-electron chi connectivity index (χ0n) is 12.1. The summed E-state index contributed by atoms with van der Waals surface area (Å²) >= 11 is 0. The Labute approximate surface area is 118 Å². The quantitative estimate of drug-likeness (QED) is 0.864. The van der Waals surface area contributed by atoms with Crippen LogP contribution in [0.5, 0.6) is 5.75 Å². The fourth-order valence-electron chi connectivity index (χ4n) is 1.41. The second-order valence-electron chi connectivity index (χ2n) is 5.10. The Hall–Kier alpha value is -2.24. The molecule has 0 spiro atoms. The van der Waals surface area contributed by atoms with E-state index in [9.17, 15) is 9.59 Å². The molecule has 6 heteroatoms. The summed E-state index contributed by atoms with van der Waals surface area (Å²) in [4.78, 5) is 24.3. The minimum absolute atomic E-state index is 0.0572. The van der Waals surface area contributed by atoms with Crippen LogP contribution >= 0.6 is 0 Å². The van der Waals surface area contributed by atoms with Crippen molar-refractivity contribution >= 4 is 17.7 Å². The highest BCUT2D eigenvalue weighted by molar-refractivity contribution is 5.91. The fraction of sp³-hybridized carbons (Fsp3) is 0.429. The number of nitrogens with one attached hydrogen (secondary N) is 1. The maximum Gasteiger partial charge on any atom is 0.321 e. The number of carbonyl (C=O) groups excluding carboxylic acids is 1. The Bertz CT molecular complexity index is 482. The molecule has 0 saturated carbocycles. The Morgan fingerprint density at radius 3 is 2.30 bits per heavy atom. The van der Waals surface area contributed by atoms with Crippen LogP contribution in [0.3, 0.4) is 0 Å². The number of hydrogen-bond acceptors (Lipinski definition) is 3. The smallest absolute Gasteiger partial charge is 0.321 e. The highest BCUT2D eigenvalue weighted by Gasteiger charge is 2.28. The number of urea groups is 1. The summed E-state index contributed by atoms with van der Waals surface area (Å²) in [5, 5.41) is 11.6. The van der Waals surface area contributed by atoms with Crippen molar-refractivity contribution in [2.75, 3.05) is 25.6 Å². The van der Waals surface area contributed by atoms with Gasteiger partial charge in [0, 0.05) is 19.3 Å². The molecule has 110 valence electrons. The Morgan fingerprint density at radius 1 is 1.30 bits per heavy atom. The van der Waals surface area contributed by atoms with Crippen LogP contribution < -0.4 is 15.0 Å². The fourth-order valence-corrected chi connectivity index (χ4v) is 1.41. The number of carboxylic acid groups (broad SMARTS) is 1. The van der Waals surface area contributed by atoms with Crippen molar-refractivity contribution in [3.8, 4) is 5.75 Å². The van der Waals surface area contributed by atoms with E-state index in [1.165, 1.54) is 4.90 Å². The Morgan fingerprint density at radius 2 is 1.85 bits per heavy atom. The van der Waals surface area contributed by atoms with Gasteiger partial charge in [0.1, 0.15) is 5.75 Å². The first kappa shape index (κ1) is 15.8. The maximum absolute atomic E-state index is 12.0. The number of carboxylic acids is 1. The van der Waals surface area contributed by atoms with Crippen LogP contribution in [-0.4, -0.2) is 37.8 Å². The third kappa shape index (κ3) is 3.88. The summed E-state index contributed by atoms with van der Waals surface area (Å²) in [7, 11) is 3.18. The van der Waals surface area contributed by atoms with Crippen molar-refractivity contribution in [1.82, 2.24) is 5.32 Å². The van der Waals surface area contributed by atoms with Crippen molar-refractivity contribution in [3.63, 3.8) is 0 Å². The van der Waals surface area contributed by atoms with E-state index >= 15 is 0 Å². The second-order valence-corrected chi connectivity index (χ2v) is 5.10. The number of aliphatic carboxylic acids is 1. The molecule has 1 aromatic carbocycles. The van der Waals surface area contributed by atoms with Gasteiger partial charge in [0.25, 0.3) is 0 Å². The van der Waals surface area contributed by atoms with E-state index in [1.54, 1.807) is 52.3 Å². The van der Waals surface area contributed by atoms with E-state index < -0.39 is 11.4 Å². The molecule has 1 aromatic rings. The number of amides is 2. The van der Waals surface area contributed by atoms with Gasteiger partial charge in [0.05, 0.1) is 12.5 Å². The molecular formula is C14H20N2O4. The van der Waals surface area contributed by atoms with E-state index in [4.69, 9.17) is 9.84 Å². The molecule has 1 rings (SSSR count). The van der Waals surface area contributed by atoms with Crippen molar-refractivity contribution in [1.29, 1.82) is 0 Å². The predicted molar refractivity (Wildman–Crippen MR) is 76.2 cm³/mol. The molecule has 0 unspecified atom stereocenters. The number of methoxy groups -OCH3 is 1.